The summed E-state index contributed by atoms with van der Waals surface area (Å²) < 4.78 is 5.66. The summed E-state index contributed by atoms with van der Waals surface area (Å²) in [7, 11) is 0. The molecule has 2 aliphatic rings. The van der Waals surface area contributed by atoms with Crippen LogP contribution in [0.4, 0.5) is 4.79 Å². The van der Waals surface area contributed by atoms with E-state index in [9.17, 15) is 19.5 Å². The number of carboxylic acid groups (broad SMARTS) is 1. The monoisotopic (exact) mass is 478 g/mol. The molecule has 1 heterocycles. The lowest BCUT2D eigenvalue weighted by Gasteiger charge is -2.41. The van der Waals surface area contributed by atoms with E-state index in [-0.39, 0.29) is 24.3 Å². The number of alkyl carbamates (subject to hydrolysis) is 1. The zero-order chi connectivity index (χ0) is 25.3. The van der Waals surface area contributed by atoms with Gasteiger partial charge < -0.3 is 20.1 Å². The van der Waals surface area contributed by atoms with Crippen molar-refractivity contribution in [3.63, 3.8) is 0 Å². The lowest BCUT2D eigenvalue weighted by atomic mass is 9.84. The molecule has 0 radical (unpaired) electrons. The second-order valence-corrected chi connectivity index (χ2v) is 10.8. The van der Waals surface area contributed by atoms with Gasteiger partial charge in [0.15, 0.2) is 0 Å². The number of benzene rings is 2. The predicted octanol–water partition coefficient (Wildman–Crippen LogP) is 4.65. The van der Waals surface area contributed by atoms with Gasteiger partial charge in [-0.15, -0.1) is 0 Å². The van der Waals surface area contributed by atoms with Crippen LogP contribution >= 0.6 is 0 Å². The Kier molecular flexibility index (Phi) is 6.88. The lowest BCUT2D eigenvalue weighted by molar-refractivity contribution is -0.155. The van der Waals surface area contributed by atoms with E-state index in [0.717, 1.165) is 28.7 Å². The van der Waals surface area contributed by atoms with Gasteiger partial charge in [0.05, 0.1) is 0 Å². The fourth-order valence-electron chi connectivity index (χ4n) is 5.23. The average molecular weight is 479 g/mol. The first-order chi connectivity index (χ1) is 16.6. The molecule has 3 atom stereocenters. The number of amides is 2. The van der Waals surface area contributed by atoms with Crippen molar-refractivity contribution in [2.24, 2.45) is 11.3 Å². The molecule has 4 rings (SSSR count). The smallest absolute Gasteiger partial charge is 0.407 e. The van der Waals surface area contributed by atoms with Crippen LogP contribution in [0.2, 0.25) is 0 Å². The van der Waals surface area contributed by atoms with Crippen molar-refractivity contribution in [3.8, 4) is 11.1 Å². The summed E-state index contributed by atoms with van der Waals surface area (Å²) in [6.07, 6.45) is 0.474. The number of hydrogen-bond acceptors (Lipinski definition) is 4. The van der Waals surface area contributed by atoms with Gasteiger partial charge in [-0.3, -0.25) is 4.79 Å². The van der Waals surface area contributed by atoms with E-state index in [1.807, 2.05) is 64.1 Å². The van der Waals surface area contributed by atoms with Gasteiger partial charge in [0.25, 0.3) is 0 Å². The maximum Gasteiger partial charge on any atom is 0.407 e. The number of piperidine rings is 1. The zero-order valence-electron chi connectivity index (χ0n) is 20.8. The molecule has 0 bridgehead atoms. The molecule has 1 aliphatic heterocycles. The maximum atomic E-state index is 13.5. The zero-order valence-corrected chi connectivity index (χ0v) is 20.8. The quantitative estimate of drug-likeness (QED) is 0.652. The van der Waals surface area contributed by atoms with E-state index in [1.165, 1.54) is 4.90 Å². The van der Waals surface area contributed by atoms with Gasteiger partial charge in [0, 0.05) is 12.5 Å². The molecule has 2 aromatic carbocycles. The van der Waals surface area contributed by atoms with Crippen LogP contribution in [0.5, 0.6) is 0 Å². The van der Waals surface area contributed by atoms with Crippen molar-refractivity contribution in [2.75, 3.05) is 13.2 Å². The molecule has 35 heavy (non-hydrogen) atoms. The van der Waals surface area contributed by atoms with Crippen LogP contribution in [0.15, 0.2) is 48.5 Å². The minimum atomic E-state index is -1.01. The second-order valence-electron chi connectivity index (χ2n) is 10.8. The van der Waals surface area contributed by atoms with Gasteiger partial charge in [0.1, 0.15) is 18.7 Å². The number of nitrogens with zero attached hydrogens (tertiary/aromatic N) is 1. The number of likely N-dealkylation sites (tertiary alicyclic amines) is 1. The van der Waals surface area contributed by atoms with E-state index < -0.39 is 29.6 Å². The van der Waals surface area contributed by atoms with Crippen molar-refractivity contribution in [1.82, 2.24) is 10.2 Å². The van der Waals surface area contributed by atoms with Gasteiger partial charge >= 0.3 is 12.1 Å². The first-order valence-corrected chi connectivity index (χ1v) is 12.2. The number of nitrogens with one attached hydrogen (secondary N) is 1. The molecular weight excluding hydrogens is 444 g/mol. The first kappa shape index (κ1) is 24.8. The minimum absolute atomic E-state index is 0.0868. The highest BCUT2D eigenvalue weighted by Crippen LogP contribution is 2.44. The summed E-state index contributed by atoms with van der Waals surface area (Å²) in [5.74, 6) is -1.29. The number of carboxylic acids is 1. The van der Waals surface area contributed by atoms with Gasteiger partial charge in [-0.05, 0) is 46.4 Å². The Hall–Kier alpha value is -3.35. The average Bonchev–Trinajstić information content (AvgIpc) is 3.13. The topological polar surface area (TPSA) is 95.9 Å². The molecule has 7 heteroatoms. The van der Waals surface area contributed by atoms with E-state index in [4.69, 9.17) is 4.74 Å². The molecule has 1 saturated heterocycles. The summed E-state index contributed by atoms with van der Waals surface area (Å²) in [5, 5.41) is 12.4. The highest BCUT2D eigenvalue weighted by Gasteiger charge is 2.42. The molecule has 2 aromatic rings. The molecule has 2 unspecified atom stereocenters. The van der Waals surface area contributed by atoms with Gasteiger partial charge in [0.2, 0.25) is 5.91 Å². The molecule has 0 saturated carbocycles. The minimum Gasteiger partial charge on any atom is -0.480 e. The first-order valence-electron chi connectivity index (χ1n) is 12.2. The summed E-state index contributed by atoms with van der Waals surface area (Å²) in [6.45, 7) is 8.05. The molecule has 0 spiro atoms. The van der Waals surface area contributed by atoms with E-state index in [2.05, 4.69) is 17.4 Å². The van der Waals surface area contributed by atoms with E-state index in [1.54, 1.807) is 0 Å². The maximum absolute atomic E-state index is 13.5. The number of aliphatic carboxylic acids is 1. The van der Waals surface area contributed by atoms with Crippen LogP contribution in [0.25, 0.3) is 11.1 Å². The lowest BCUT2D eigenvalue weighted by Crippen LogP contribution is -2.60. The summed E-state index contributed by atoms with van der Waals surface area (Å²) >= 11 is 0. The van der Waals surface area contributed by atoms with Crippen molar-refractivity contribution in [3.05, 3.63) is 59.7 Å². The Balaban J connectivity index is 1.48. The number of rotatable bonds is 5. The van der Waals surface area contributed by atoms with Gasteiger partial charge in [-0.25, -0.2) is 9.59 Å². The Morgan fingerprint density at radius 2 is 1.60 bits per heavy atom. The summed E-state index contributed by atoms with van der Waals surface area (Å²) in [4.78, 5) is 39.7. The van der Waals surface area contributed by atoms with Gasteiger partial charge in [-0.2, -0.15) is 0 Å². The number of fused-ring (bicyclic) bond motifs is 3. The van der Waals surface area contributed by atoms with Crippen LogP contribution in [0.3, 0.4) is 0 Å². The molecule has 2 N–H and O–H groups in total. The highest BCUT2D eigenvalue weighted by atomic mass is 16.5. The molecule has 1 fully saturated rings. The molecule has 2 amide bonds. The molecular formula is C28H34N2O5. The third kappa shape index (κ3) is 5.04. The standard InChI is InChI=1S/C28H34N2O5/c1-17-13-14-23(26(32)33)30(15-17)25(31)24(28(2,3)4)29-27(34)35-16-22-20-11-7-5-9-18(20)19-10-6-8-12-21(19)22/h5-12,17,22-24H,13-16H2,1-4H3,(H,29,34)(H,32,33)/t17?,23?,24-/m1/s1. The number of ether oxygens (including phenoxy) is 1. The number of carbonyl (C=O) groups is 3. The fourth-order valence-corrected chi connectivity index (χ4v) is 5.23. The van der Waals surface area contributed by atoms with Gasteiger partial charge in [-0.1, -0.05) is 76.2 Å². The molecule has 1 aliphatic carbocycles. The third-order valence-corrected chi connectivity index (χ3v) is 7.10. The van der Waals surface area contributed by atoms with E-state index >= 15 is 0 Å². The summed E-state index contributed by atoms with van der Waals surface area (Å²) in [6, 6.07) is 14.4. The van der Waals surface area contributed by atoms with E-state index in [0.29, 0.717) is 13.0 Å². The Labute approximate surface area is 206 Å². The highest BCUT2D eigenvalue weighted by molar-refractivity contribution is 5.90. The second kappa shape index (κ2) is 9.72. The van der Waals surface area contributed by atoms with Crippen LogP contribution in [-0.4, -0.2) is 53.2 Å². The Morgan fingerprint density at radius 3 is 2.14 bits per heavy atom. The normalized spacial score (nSPS) is 20.5. The van der Waals surface area contributed by atoms with Crippen LogP contribution < -0.4 is 5.32 Å². The van der Waals surface area contributed by atoms with Crippen LogP contribution in [-0.2, 0) is 14.3 Å². The molecule has 186 valence electrons. The number of carbonyl (C=O) groups excluding carboxylic acids is 2. The third-order valence-electron chi connectivity index (χ3n) is 7.10. The molecule has 7 nitrogen and oxygen atoms in total. The van der Waals surface area contributed by atoms with Crippen molar-refractivity contribution in [2.45, 2.75) is 58.5 Å². The summed E-state index contributed by atoms with van der Waals surface area (Å²) in [5.41, 5.74) is 3.86. The van der Waals surface area contributed by atoms with Crippen molar-refractivity contribution < 1.29 is 24.2 Å². The van der Waals surface area contributed by atoms with Crippen molar-refractivity contribution in [1.29, 1.82) is 0 Å². The van der Waals surface area contributed by atoms with Crippen LogP contribution in [0, 0.1) is 11.3 Å². The SMILES string of the molecule is CC1CCC(C(=O)O)N(C(=O)[C@@H](NC(=O)OCC2c3ccccc3-c3ccccc32)C(C)(C)C)C1. The van der Waals surface area contributed by atoms with Crippen LogP contribution in [0.1, 0.15) is 57.6 Å². The van der Waals surface area contributed by atoms with Crippen molar-refractivity contribution >= 4 is 18.0 Å². The number of hydrogen-bond donors (Lipinski definition) is 2. The Bertz CT molecular complexity index is 1080. The largest absolute Gasteiger partial charge is 0.480 e. The molecule has 0 aromatic heterocycles. The Morgan fingerprint density at radius 1 is 1.03 bits per heavy atom. The predicted molar refractivity (Wildman–Crippen MR) is 133 cm³/mol. The fraction of sp³-hybridized carbons (Fsp3) is 0.464.